The van der Waals surface area contributed by atoms with Gasteiger partial charge in [-0.1, -0.05) is 44.2 Å². The number of fused-ring (bicyclic) bond motifs is 2. The Balaban J connectivity index is 1.70. The maximum Gasteiger partial charge on any atom is 0.186 e. The summed E-state index contributed by atoms with van der Waals surface area (Å²) in [6, 6.07) is 8.98. The van der Waals surface area contributed by atoms with Crippen LogP contribution in [0, 0.1) is 16.7 Å². The first-order valence-electron chi connectivity index (χ1n) is 8.20. The van der Waals surface area contributed by atoms with E-state index in [2.05, 4.69) is 13.8 Å². The first kappa shape index (κ1) is 16.6. The zero-order valence-corrected chi connectivity index (χ0v) is 14.5. The molecule has 1 aromatic carbocycles. The van der Waals surface area contributed by atoms with Crippen molar-refractivity contribution >= 4 is 16.6 Å². The summed E-state index contributed by atoms with van der Waals surface area (Å²) >= 11 is 0. The summed E-state index contributed by atoms with van der Waals surface area (Å²) in [6.07, 6.45) is 3.88. The Morgan fingerprint density at radius 3 is 2.61 bits per heavy atom. The largest absolute Gasteiger partial charge is 0.392 e. The molecule has 0 aliphatic heterocycles. The van der Waals surface area contributed by atoms with Gasteiger partial charge in [-0.3, -0.25) is 9.00 Å². The summed E-state index contributed by atoms with van der Waals surface area (Å²) < 4.78 is 12.5. The third-order valence-corrected chi connectivity index (χ3v) is 7.46. The maximum absolute atomic E-state index is 12.5. The topological polar surface area (TPSA) is 54.4 Å². The van der Waals surface area contributed by atoms with Crippen LogP contribution in [0.15, 0.2) is 41.8 Å². The molecule has 2 aliphatic rings. The monoisotopic (exact) mass is 332 g/mol. The van der Waals surface area contributed by atoms with E-state index in [1.54, 1.807) is 12.1 Å². The molecule has 2 aliphatic carbocycles. The van der Waals surface area contributed by atoms with Gasteiger partial charge in [-0.05, 0) is 36.7 Å². The third-order valence-electron chi connectivity index (χ3n) is 6.22. The van der Waals surface area contributed by atoms with Gasteiger partial charge >= 0.3 is 0 Å². The molecule has 0 saturated heterocycles. The van der Waals surface area contributed by atoms with Crippen molar-refractivity contribution in [2.24, 2.45) is 16.7 Å². The van der Waals surface area contributed by atoms with E-state index in [1.165, 1.54) is 11.5 Å². The Morgan fingerprint density at radius 1 is 1.35 bits per heavy atom. The molecule has 0 amide bonds. The third kappa shape index (κ3) is 2.72. The Morgan fingerprint density at radius 2 is 2.04 bits per heavy atom. The van der Waals surface area contributed by atoms with Gasteiger partial charge in [0, 0.05) is 32.9 Å². The van der Waals surface area contributed by atoms with Crippen molar-refractivity contribution < 1.29 is 14.1 Å². The predicted octanol–water partition coefficient (Wildman–Crippen LogP) is 3.32. The number of hydrogen-bond donors (Lipinski definition) is 1. The molecule has 3 rings (SSSR count). The van der Waals surface area contributed by atoms with Crippen LogP contribution >= 0.6 is 0 Å². The van der Waals surface area contributed by atoms with Gasteiger partial charge in [-0.2, -0.15) is 0 Å². The van der Waals surface area contributed by atoms with Gasteiger partial charge in [0.05, 0.1) is 6.10 Å². The van der Waals surface area contributed by atoms with Gasteiger partial charge in [-0.25, -0.2) is 0 Å². The first-order chi connectivity index (χ1) is 10.9. The minimum Gasteiger partial charge on any atom is -0.392 e. The standard InChI is InChI=1S/C19H24O3S/c1-18(2)15-8-10-19(18,17(21)12-15)13-23(22)11-9-16(20)14-6-4-3-5-7-14/h3-7,9,11,15,17,21H,8,10,12-13H2,1-2H3/t15?,17-,19-,23-/m1/s1. The summed E-state index contributed by atoms with van der Waals surface area (Å²) in [5.41, 5.74) is 0.336. The van der Waals surface area contributed by atoms with Crippen LogP contribution in [0.25, 0.3) is 0 Å². The highest BCUT2D eigenvalue weighted by Gasteiger charge is 2.63. The number of ketones is 1. The fraction of sp³-hybridized carbons (Fsp3) is 0.526. The molecule has 23 heavy (non-hydrogen) atoms. The van der Waals surface area contributed by atoms with Crippen LogP contribution < -0.4 is 0 Å². The van der Waals surface area contributed by atoms with E-state index in [4.69, 9.17) is 0 Å². The lowest BCUT2D eigenvalue weighted by Gasteiger charge is -2.39. The number of aliphatic hydroxyl groups excluding tert-OH is 1. The van der Waals surface area contributed by atoms with Crippen molar-refractivity contribution in [1.29, 1.82) is 0 Å². The Labute approximate surface area is 140 Å². The molecular weight excluding hydrogens is 308 g/mol. The van der Waals surface area contributed by atoms with Gasteiger partial charge < -0.3 is 5.11 Å². The van der Waals surface area contributed by atoms with E-state index in [-0.39, 0.29) is 22.7 Å². The van der Waals surface area contributed by atoms with E-state index < -0.39 is 10.8 Å². The normalized spacial score (nSPS) is 33.2. The average molecular weight is 332 g/mol. The molecule has 0 spiro atoms. The van der Waals surface area contributed by atoms with E-state index in [1.807, 2.05) is 18.2 Å². The summed E-state index contributed by atoms with van der Waals surface area (Å²) in [5.74, 6) is 0.826. The number of benzene rings is 1. The second kappa shape index (κ2) is 5.99. The van der Waals surface area contributed by atoms with Gasteiger partial charge in [0.25, 0.3) is 0 Å². The zero-order chi connectivity index (χ0) is 16.7. The Kier molecular flexibility index (Phi) is 4.32. The molecule has 4 heteroatoms. The molecule has 0 heterocycles. The van der Waals surface area contributed by atoms with Crippen molar-refractivity contribution in [2.45, 2.75) is 39.2 Å². The summed E-state index contributed by atoms with van der Waals surface area (Å²) in [7, 11) is -1.25. The number of aliphatic hydroxyl groups is 1. The molecule has 2 saturated carbocycles. The zero-order valence-electron chi connectivity index (χ0n) is 13.7. The molecule has 1 unspecified atom stereocenters. The van der Waals surface area contributed by atoms with Crippen molar-refractivity contribution in [3.63, 3.8) is 0 Å². The SMILES string of the molecule is CC1(C)C2CC[C@@]1(C[S@](=O)C=CC(=O)c1ccccc1)[C@H](O)C2. The second-order valence-electron chi connectivity index (χ2n) is 7.42. The summed E-state index contributed by atoms with van der Waals surface area (Å²) in [5, 5.41) is 12.0. The number of hydrogen-bond acceptors (Lipinski definition) is 3. The highest BCUT2D eigenvalue weighted by Crippen LogP contribution is 2.65. The van der Waals surface area contributed by atoms with Gasteiger partial charge in [0.2, 0.25) is 0 Å². The molecule has 1 aromatic rings. The van der Waals surface area contributed by atoms with Crippen LogP contribution in [0.4, 0.5) is 0 Å². The summed E-state index contributed by atoms with van der Waals surface area (Å²) in [6.45, 7) is 4.38. The number of carbonyl (C=O) groups is 1. The van der Waals surface area contributed by atoms with Crippen molar-refractivity contribution in [3.8, 4) is 0 Å². The van der Waals surface area contributed by atoms with Crippen LogP contribution in [0.2, 0.25) is 0 Å². The highest BCUT2D eigenvalue weighted by atomic mass is 32.2. The van der Waals surface area contributed by atoms with Crippen molar-refractivity contribution in [3.05, 3.63) is 47.4 Å². The summed E-state index contributed by atoms with van der Waals surface area (Å²) in [4.78, 5) is 12.1. The lowest BCUT2D eigenvalue weighted by atomic mass is 9.70. The van der Waals surface area contributed by atoms with Crippen molar-refractivity contribution in [1.82, 2.24) is 0 Å². The maximum atomic E-state index is 12.5. The highest BCUT2D eigenvalue weighted by molar-refractivity contribution is 7.88. The van der Waals surface area contributed by atoms with Crippen LogP contribution in [0.1, 0.15) is 43.5 Å². The van der Waals surface area contributed by atoms with Crippen LogP contribution in [-0.2, 0) is 10.8 Å². The van der Waals surface area contributed by atoms with Gasteiger partial charge in [0.15, 0.2) is 5.78 Å². The minimum atomic E-state index is -1.25. The number of carbonyl (C=O) groups excluding carboxylic acids is 1. The molecule has 3 nitrogen and oxygen atoms in total. The molecule has 124 valence electrons. The predicted molar refractivity (Wildman–Crippen MR) is 92.5 cm³/mol. The van der Waals surface area contributed by atoms with Crippen LogP contribution in [-0.4, -0.2) is 27.0 Å². The van der Waals surface area contributed by atoms with E-state index in [0.29, 0.717) is 17.2 Å². The minimum absolute atomic E-state index is 0.0132. The Hall–Kier alpha value is -1.26. The molecule has 2 bridgehead atoms. The molecule has 0 aromatic heterocycles. The molecule has 2 fully saturated rings. The second-order valence-corrected chi connectivity index (χ2v) is 8.75. The van der Waals surface area contributed by atoms with Gasteiger partial charge in [-0.15, -0.1) is 0 Å². The van der Waals surface area contributed by atoms with Crippen LogP contribution in [0.3, 0.4) is 0 Å². The molecule has 1 N–H and O–H groups in total. The smallest absolute Gasteiger partial charge is 0.186 e. The fourth-order valence-corrected chi connectivity index (χ4v) is 6.11. The average Bonchev–Trinajstić information content (AvgIpc) is 2.88. The quantitative estimate of drug-likeness (QED) is 0.665. The number of allylic oxidation sites excluding steroid dienone is 1. The number of rotatable bonds is 5. The molecular formula is C19H24O3S. The molecule has 4 atom stereocenters. The lowest BCUT2D eigenvalue weighted by Crippen LogP contribution is -2.43. The van der Waals surface area contributed by atoms with Crippen molar-refractivity contribution in [2.75, 3.05) is 5.75 Å². The fourth-order valence-electron chi connectivity index (χ4n) is 4.52. The molecule has 0 radical (unpaired) electrons. The lowest BCUT2D eigenvalue weighted by molar-refractivity contribution is 0.0162. The van der Waals surface area contributed by atoms with E-state index in [0.717, 1.165) is 19.3 Å². The van der Waals surface area contributed by atoms with Crippen LogP contribution in [0.5, 0.6) is 0 Å². The van der Waals surface area contributed by atoms with Gasteiger partial charge in [0.1, 0.15) is 0 Å². The van der Waals surface area contributed by atoms with E-state index in [9.17, 15) is 14.1 Å². The van der Waals surface area contributed by atoms with E-state index >= 15 is 0 Å². The Bertz CT molecular complexity index is 650. The first-order valence-corrected chi connectivity index (χ1v) is 9.58.